The van der Waals surface area contributed by atoms with Gasteiger partial charge in [-0.25, -0.2) is 0 Å². The highest BCUT2D eigenvalue weighted by Gasteiger charge is 2.29. The Morgan fingerprint density at radius 2 is 1.71 bits per heavy atom. The van der Waals surface area contributed by atoms with Crippen LogP contribution in [0.15, 0.2) is 42.3 Å². The van der Waals surface area contributed by atoms with Crippen molar-refractivity contribution < 1.29 is 18.0 Å². The van der Waals surface area contributed by atoms with Crippen molar-refractivity contribution in [3.8, 4) is 0 Å². The van der Waals surface area contributed by atoms with Gasteiger partial charge in [0.25, 0.3) is 0 Å². The molecule has 1 nitrogen and oxygen atoms in total. The molecular formula is C12H9F3OS. The summed E-state index contributed by atoms with van der Waals surface area (Å²) in [5.41, 5.74) is -0.181. The van der Waals surface area contributed by atoms with Crippen molar-refractivity contribution in [2.75, 3.05) is 0 Å². The molecule has 0 spiro atoms. The van der Waals surface area contributed by atoms with Gasteiger partial charge in [0.1, 0.15) is 0 Å². The van der Waals surface area contributed by atoms with E-state index in [1.54, 1.807) is 0 Å². The van der Waals surface area contributed by atoms with Gasteiger partial charge in [0.05, 0.1) is 5.56 Å². The molecule has 0 radical (unpaired) electrons. The number of thioether (sulfide) groups is 1. The summed E-state index contributed by atoms with van der Waals surface area (Å²) in [6.07, 6.45) is -3.78. The molecule has 5 heteroatoms. The number of allylic oxidation sites excluding steroid dienone is 1. The van der Waals surface area contributed by atoms with Crippen LogP contribution < -0.4 is 0 Å². The van der Waals surface area contributed by atoms with E-state index in [0.29, 0.717) is 16.8 Å². The lowest BCUT2D eigenvalue weighted by molar-refractivity contribution is -0.137. The molecule has 0 aliphatic rings. The molecule has 1 rings (SSSR count). The predicted octanol–water partition coefficient (Wildman–Crippen LogP) is 4.12. The summed E-state index contributed by atoms with van der Waals surface area (Å²) in [5, 5.41) is 0. The molecule has 0 aromatic heterocycles. The zero-order valence-corrected chi connectivity index (χ0v) is 9.57. The molecule has 17 heavy (non-hydrogen) atoms. The quantitative estimate of drug-likeness (QED) is 0.597. The van der Waals surface area contributed by atoms with Crippen molar-refractivity contribution in [3.63, 3.8) is 0 Å². The number of aldehydes is 1. The Hall–Kier alpha value is -1.49. The molecule has 0 unspecified atom stereocenters. The highest BCUT2D eigenvalue weighted by molar-refractivity contribution is 8.12. The van der Waals surface area contributed by atoms with Gasteiger partial charge in [0, 0.05) is 9.81 Å². The summed E-state index contributed by atoms with van der Waals surface area (Å²) < 4.78 is 36.9. The minimum Gasteiger partial charge on any atom is -0.297 e. The van der Waals surface area contributed by atoms with Crippen LogP contribution in [0.2, 0.25) is 0 Å². The molecule has 0 N–H and O–H groups in total. The molecule has 90 valence electrons. The number of carbonyl (C=O) groups is 1. The summed E-state index contributed by atoms with van der Waals surface area (Å²) in [7, 11) is 0. The van der Waals surface area contributed by atoms with Gasteiger partial charge >= 0.3 is 6.18 Å². The van der Waals surface area contributed by atoms with E-state index in [0.717, 1.165) is 23.9 Å². The fourth-order valence-electron chi connectivity index (χ4n) is 1.09. The highest BCUT2D eigenvalue weighted by Crippen LogP contribution is 2.33. The normalized spacial score (nSPS) is 11.0. The van der Waals surface area contributed by atoms with Gasteiger partial charge in [-0.3, -0.25) is 4.79 Å². The second kappa shape index (κ2) is 5.23. The highest BCUT2D eigenvalue weighted by atomic mass is 32.2. The first-order valence-corrected chi connectivity index (χ1v) is 5.34. The third-order valence-corrected chi connectivity index (χ3v) is 2.76. The summed E-state index contributed by atoms with van der Waals surface area (Å²) in [5.74, 6) is 0. The maximum atomic E-state index is 12.3. The number of halogens is 3. The summed E-state index contributed by atoms with van der Waals surface area (Å²) in [4.78, 5) is 11.1. The lowest BCUT2D eigenvalue weighted by Gasteiger charge is -2.08. The Morgan fingerprint density at radius 1 is 1.18 bits per heavy atom. The Bertz CT molecular complexity index is 446. The summed E-state index contributed by atoms with van der Waals surface area (Å²) in [6.45, 7) is 7.12. The van der Waals surface area contributed by atoms with Crippen LogP contribution in [0.1, 0.15) is 11.1 Å². The van der Waals surface area contributed by atoms with Crippen LogP contribution in [-0.2, 0) is 11.0 Å². The van der Waals surface area contributed by atoms with E-state index in [-0.39, 0.29) is 4.91 Å². The van der Waals surface area contributed by atoms with Gasteiger partial charge in [-0.05, 0) is 17.7 Å². The van der Waals surface area contributed by atoms with Gasteiger partial charge < -0.3 is 0 Å². The van der Waals surface area contributed by atoms with Crippen molar-refractivity contribution in [1.29, 1.82) is 0 Å². The molecule has 0 bridgehead atoms. The van der Waals surface area contributed by atoms with E-state index in [9.17, 15) is 18.0 Å². The second-order valence-electron chi connectivity index (χ2n) is 3.18. The zero-order valence-electron chi connectivity index (χ0n) is 8.75. The van der Waals surface area contributed by atoms with E-state index in [2.05, 4.69) is 13.2 Å². The molecule has 1 aromatic carbocycles. The lowest BCUT2D eigenvalue weighted by Crippen LogP contribution is -2.04. The number of rotatable bonds is 4. The molecule has 1 aromatic rings. The molecule has 0 saturated carbocycles. The minimum atomic E-state index is -4.35. The predicted molar refractivity (Wildman–Crippen MR) is 63.3 cm³/mol. The fraction of sp³-hybridized carbons (Fsp3) is 0.0833. The van der Waals surface area contributed by atoms with Crippen LogP contribution in [0.5, 0.6) is 0 Å². The minimum absolute atomic E-state index is 0.259. The van der Waals surface area contributed by atoms with Crippen LogP contribution in [0.25, 0.3) is 4.91 Å². The van der Waals surface area contributed by atoms with Crippen LogP contribution in [-0.4, -0.2) is 6.29 Å². The molecule has 0 aliphatic carbocycles. The number of hydrogen-bond acceptors (Lipinski definition) is 2. The van der Waals surface area contributed by atoms with Crippen molar-refractivity contribution in [2.45, 2.75) is 6.18 Å². The zero-order chi connectivity index (χ0) is 13.1. The smallest absolute Gasteiger partial charge is 0.297 e. The van der Waals surface area contributed by atoms with E-state index >= 15 is 0 Å². The van der Waals surface area contributed by atoms with Crippen LogP contribution >= 0.6 is 11.8 Å². The largest absolute Gasteiger partial charge is 0.416 e. The Labute approximate surface area is 101 Å². The SMILES string of the molecule is C=C(C=O)SC(=C)c1ccc(C(F)(F)F)cc1. The van der Waals surface area contributed by atoms with Gasteiger partial charge in [-0.2, -0.15) is 13.2 Å². The van der Waals surface area contributed by atoms with Gasteiger partial charge in [0.2, 0.25) is 0 Å². The molecular weight excluding hydrogens is 249 g/mol. The van der Waals surface area contributed by atoms with E-state index in [1.165, 1.54) is 12.1 Å². The fourth-order valence-corrected chi connectivity index (χ4v) is 1.70. The first-order chi connectivity index (χ1) is 7.84. The standard InChI is InChI=1S/C12H9F3OS/c1-8(7-16)17-9(2)10-3-5-11(6-4-10)12(13,14)15/h3-7H,1-2H2. The molecule has 0 aliphatic heterocycles. The molecule has 0 fully saturated rings. The Kier molecular flexibility index (Phi) is 4.17. The first-order valence-electron chi connectivity index (χ1n) is 4.53. The lowest BCUT2D eigenvalue weighted by atomic mass is 10.1. The maximum absolute atomic E-state index is 12.3. The summed E-state index contributed by atoms with van der Waals surface area (Å²) >= 11 is 1.03. The molecule has 0 heterocycles. The van der Waals surface area contributed by atoms with E-state index in [1.807, 2.05) is 0 Å². The molecule has 0 saturated heterocycles. The van der Waals surface area contributed by atoms with E-state index < -0.39 is 11.7 Å². The number of alkyl halides is 3. The Morgan fingerprint density at radius 3 is 2.12 bits per heavy atom. The number of carbonyl (C=O) groups excluding carboxylic acids is 1. The monoisotopic (exact) mass is 258 g/mol. The average molecular weight is 258 g/mol. The van der Waals surface area contributed by atoms with Crippen LogP contribution in [0, 0.1) is 0 Å². The van der Waals surface area contributed by atoms with Crippen molar-refractivity contribution in [2.24, 2.45) is 0 Å². The van der Waals surface area contributed by atoms with Gasteiger partial charge in [-0.15, -0.1) is 0 Å². The van der Waals surface area contributed by atoms with Crippen molar-refractivity contribution >= 4 is 23.0 Å². The first kappa shape index (κ1) is 13.6. The van der Waals surface area contributed by atoms with Crippen molar-refractivity contribution in [3.05, 3.63) is 53.5 Å². The van der Waals surface area contributed by atoms with E-state index in [4.69, 9.17) is 0 Å². The average Bonchev–Trinajstić information content (AvgIpc) is 2.27. The maximum Gasteiger partial charge on any atom is 0.416 e. The number of hydrogen-bond donors (Lipinski definition) is 0. The Balaban J connectivity index is 2.84. The molecule has 0 atom stereocenters. The summed E-state index contributed by atoms with van der Waals surface area (Å²) in [6, 6.07) is 4.59. The topological polar surface area (TPSA) is 17.1 Å². The van der Waals surface area contributed by atoms with Crippen molar-refractivity contribution in [1.82, 2.24) is 0 Å². The third-order valence-electron chi connectivity index (χ3n) is 1.92. The van der Waals surface area contributed by atoms with Crippen LogP contribution in [0.4, 0.5) is 13.2 Å². The second-order valence-corrected chi connectivity index (χ2v) is 4.41. The van der Waals surface area contributed by atoms with Crippen LogP contribution in [0.3, 0.4) is 0 Å². The third kappa shape index (κ3) is 3.78. The van der Waals surface area contributed by atoms with Gasteiger partial charge in [0.15, 0.2) is 6.29 Å². The van der Waals surface area contributed by atoms with Gasteiger partial charge in [-0.1, -0.05) is 37.1 Å². The molecule has 0 amide bonds. The number of benzene rings is 1.